The standard InChI is InChI=1S/C16H19ClN4O2/c1-21(13-8-9-18-10-13)15(22)7-6-14-19-16(20-23-14)11-2-4-12(17)5-3-11/h2-5,13,18H,6-10H2,1H3. The second-order valence-electron chi connectivity index (χ2n) is 5.67. The Morgan fingerprint density at radius 3 is 2.91 bits per heavy atom. The van der Waals surface area contributed by atoms with Crippen LogP contribution in [0.2, 0.25) is 5.02 Å². The molecule has 1 aromatic carbocycles. The molecule has 1 saturated heterocycles. The minimum absolute atomic E-state index is 0.102. The van der Waals surface area contributed by atoms with Gasteiger partial charge < -0.3 is 14.7 Å². The van der Waals surface area contributed by atoms with Gasteiger partial charge in [0.15, 0.2) is 0 Å². The monoisotopic (exact) mass is 334 g/mol. The normalized spacial score (nSPS) is 17.4. The summed E-state index contributed by atoms with van der Waals surface area (Å²) in [7, 11) is 1.85. The van der Waals surface area contributed by atoms with Crippen LogP contribution in [-0.4, -0.2) is 47.1 Å². The topological polar surface area (TPSA) is 71.3 Å². The highest BCUT2D eigenvalue weighted by Crippen LogP contribution is 2.19. The smallest absolute Gasteiger partial charge is 0.227 e. The van der Waals surface area contributed by atoms with Crippen LogP contribution >= 0.6 is 11.6 Å². The van der Waals surface area contributed by atoms with Crippen LogP contribution in [0.1, 0.15) is 18.7 Å². The van der Waals surface area contributed by atoms with Crippen molar-refractivity contribution in [2.24, 2.45) is 0 Å². The molecule has 122 valence electrons. The summed E-state index contributed by atoms with van der Waals surface area (Å²) in [5.74, 6) is 1.09. The number of hydrogen-bond donors (Lipinski definition) is 1. The molecule has 0 aliphatic carbocycles. The first kappa shape index (κ1) is 16.0. The van der Waals surface area contributed by atoms with Crippen LogP contribution in [0.5, 0.6) is 0 Å². The summed E-state index contributed by atoms with van der Waals surface area (Å²) in [5, 5.41) is 7.88. The molecule has 2 heterocycles. The second kappa shape index (κ2) is 7.10. The van der Waals surface area contributed by atoms with Crippen molar-refractivity contribution < 1.29 is 9.32 Å². The number of benzene rings is 1. The average molecular weight is 335 g/mol. The van der Waals surface area contributed by atoms with Gasteiger partial charge in [-0.1, -0.05) is 16.8 Å². The molecular weight excluding hydrogens is 316 g/mol. The quantitative estimate of drug-likeness (QED) is 0.907. The van der Waals surface area contributed by atoms with Gasteiger partial charge in [-0.2, -0.15) is 4.98 Å². The number of rotatable bonds is 5. The minimum atomic E-state index is 0.102. The van der Waals surface area contributed by atoms with Crippen molar-refractivity contribution in [2.45, 2.75) is 25.3 Å². The van der Waals surface area contributed by atoms with Crippen LogP contribution < -0.4 is 5.32 Å². The zero-order valence-corrected chi connectivity index (χ0v) is 13.7. The zero-order chi connectivity index (χ0) is 16.2. The van der Waals surface area contributed by atoms with Gasteiger partial charge in [-0.05, 0) is 37.2 Å². The van der Waals surface area contributed by atoms with Crippen molar-refractivity contribution in [1.29, 1.82) is 0 Å². The average Bonchev–Trinajstić information content (AvgIpc) is 3.24. The van der Waals surface area contributed by atoms with E-state index in [0.29, 0.717) is 29.6 Å². The molecule has 3 rings (SSSR count). The van der Waals surface area contributed by atoms with Crippen LogP contribution in [0.25, 0.3) is 11.4 Å². The van der Waals surface area contributed by atoms with E-state index in [9.17, 15) is 4.79 Å². The summed E-state index contributed by atoms with van der Waals surface area (Å²) in [4.78, 5) is 18.4. The number of hydrogen-bond acceptors (Lipinski definition) is 5. The highest BCUT2D eigenvalue weighted by Gasteiger charge is 2.23. The van der Waals surface area contributed by atoms with E-state index in [-0.39, 0.29) is 11.9 Å². The molecule has 7 heteroatoms. The summed E-state index contributed by atoms with van der Waals surface area (Å²) in [6, 6.07) is 7.52. The summed E-state index contributed by atoms with van der Waals surface area (Å²) in [6.07, 6.45) is 1.82. The largest absolute Gasteiger partial charge is 0.341 e. The van der Waals surface area contributed by atoms with Crippen molar-refractivity contribution >= 4 is 17.5 Å². The fourth-order valence-electron chi connectivity index (χ4n) is 2.64. The number of carbonyl (C=O) groups is 1. The summed E-state index contributed by atoms with van der Waals surface area (Å²) >= 11 is 5.86. The fourth-order valence-corrected chi connectivity index (χ4v) is 2.76. The molecule has 1 aromatic heterocycles. The van der Waals surface area contributed by atoms with Gasteiger partial charge >= 0.3 is 0 Å². The van der Waals surface area contributed by atoms with Crippen LogP contribution in [0, 0.1) is 0 Å². The summed E-state index contributed by atoms with van der Waals surface area (Å²) < 4.78 is 5.23. The Labute approximate surface area is 139 Å². The third kappa shape index (κ3) is 3.89. The molecule has 0 spiro atoms. The first-order valence-corrected chi connectivity index (χ1v) is 8.06. The molecule has 1 aliphatic heterocycles. The van der Waals surface area contributed by atoms with Gasteiger partial charge in [-0.25, -0.2) is 0 Å². The Morgan fingerprint density at radius 1 is 1.43 bits per heavy atom. The number of aromatic nitrogens is 2. The van der Waals surface area contributed by atoms with Gasteiger partial charge in [0.25, 0.3) is 0 Å². The van der Waals surface area contributed by atoms with E-state index in [4.69, 9.17) is 16.1 Å². The van der Waals surface area contributed by atoms with Crippen LogP contribution in [0.15, 0.2) is 28.8 Å². The lowest BCUT2D eigenvalue weighted by atomic mass is 10.2. The van der Waals surface area contributed by atoms with E-state index in [1.165, 1.54) is 0 Å². The maximum Gasteiger partial charge on any atom is 0.227 e. The van der Waals surface area contributed by atoms with Crippen molar-refractivity contribution in [3.8, 4) is 11.4 Å². The predicted molar refractivity (Wildman–Crippen MR) is 87.1 cm³/mol. The highest BCUT2D eigenvalue weighted by atomic mass is 35.5. The molecule has 1 N–H and O–H groups in total. The van der Waals surface area contributed by atoms with Crippen molar-refractivity contribution in [2.75, 3.05) is 20.1 Å². The molecule has 0 bridgehead atoms. The number of halogens is 1. The molecule has 1 fully saturated rings. The lowest BCUT2D eigenvalue weighted by Gasteiger charge is -2.23. The number of nitrogens with zero attached hydrogens (tertiary/aromatic N) is 3. The lowest BCUT2D eigenvalue weighted by molar-refractivity contribution is -0.131. The van der Waals surface area contributed by atoms with E-state index in [1.54, 1.807) is 12.1 Å². The Bertz CT molecular complexity index is 665. The van der Waals surface area contributed by atoms with Crippen molar-refractivity contribution in [1.82, 2.24) is 20.4 Å². The molecule has 0 saturated carbocycles. The van der Waals surface area contributed by atoms with Crippen LogP contribution in [-0.2, 0) is 11.2 Å². The maximum absolute atomic E-state index is 12.2. The van der Waals surface area contributed by atoms with E-state index < -0.39 is 0 Å². The third-order valence-electron chi connectivity index (χ3n) is 4.10. The first-order valence-electron chi connectivity index (χ1n) is 7.68. The Kier molecular flexibility index (Phi) is 4.93. The molecule has 1 amide bonds. The van der Waals surface area contributed by atoms with Gasteiger partial charge in [-0.3, -0.25) is 4.79 Å². The van der Waals surface area contributed by atoms with Crippen LogP contribution in [0.4, 0.5) is 0 Å². The molecule has 2 aromatic rings. The third-order valence-corrected chi connectivity index (χ3v) is 4.35. The minimum Gasteiger partial charge on any atom is -0.341 e. The SMILES string of the molecule is CN(C(=O)CCc1nc(-c2ccc(Cl)cc2)no1)C1CCNC1. The lowest BCUT2D eigenvalue weighted by Crippen LogP contribution is -2.38. The van der Waals surface area contributed by atoms with Gasteiger partial charge in [0.05, 0.1) is 0 Å². The van der Waals surface area contributed by atoms with E-state index in [0.717, 1.165) is 25.1 Å². The zero-order valence-electron chi connectivity index (χ0n) is 13.0. The molecule has 23 heavy (non-hydrogen) atoms. The Hall–Kier alpha value is -1.92. The summed E-state index contributed by atoms with van der Waals surface area (Å²) in [5.41, 5.74) is 0.838. The van der Waals surface area contributed by atoms with Gasteiger partial charge in [0.1, 0.15) is 0 Å². The Morgan fingerprint density at radius 2 is 2.22 bits per heavy atom. The Balaban J connectivity index is 1.56. The highest BCUT2D eigenvalue weighted by molar-refractivity contribution is 6.30. The number of amides is 1. The predicted octanol–water partition coefficient (Wildman–Crippen LogP) is 2.14. The first-order chi connectivity index (χ1) is 11.1. The van der Waals surface area contributed by atoms with Crippen molar-refractivity contribution in [3.05, 3.63) is 35.2 Å². The molecule has 1 aliphatic rings. The van der Waals surface area contributed by atoms with Gasteiger partial charge in [0.2, 0.25) is 17.6 Å². The number of aryl methyl sites for hydroxylation is 1. The maximum atomic E-state index is 12.2. The van der Waals surface area contributed by atoms with Crippen molar-refractivity contribution in [3.63, 3.8) is 0 Å². The van der Waals surface area contributed by atoms with Gasteiger partial charge in [-0.15, -0.1) is 0 Å². The van der Waals surface area contributed by atoms with Crippen LogP contribution in [0.3, 0.4) is 0 Å². The molecule has 1 unspecified atom stereocenters. The van der Waals surface area contributed by atoms with Gasteiger partial charge in [0, 0.05) is 43.1 Å². The molecule has 6 nitrogen and oxygen atoms in total. The van der Waals surface area contributed by atoms with E-state index >= 15 is 0 Å². The summed E-state index contributed by atoms with van der Waals surface area (Å²) in [6.45, 7) is 1.83. The molecular formula is C16H19ClN4O2. The molecule has 0 radical (unpaired) electrons. The second-order valence-corrected chi connectivity index (χ2v) is 6.11. The van der Waals surface area contributed by atoms with E-state index in [1.807, 2.05) is 24.1 Å². The molecule has 1 atom stereocenters. The van der Waals surface area contributed by atoms with E-state index in [2.05, 4.69) is 15.5 Å². The fraction of sp³-hybridized carbons (Fsp3) is 0.438. The number of likely N-dealkylation sites (N-methyl/N-ethyl adjacent to an activating group) is 1. The number of nitrogens with one attached hydrogen (secondary N) is 1. The number of carbonyl (C=O) groups excluding carboxylic acids is 1.